The fourth-order valence-corrected chi connectivity index (χ4v) is 3.39. The van der Waals surface area contributed by atoms with E-state index in [4.69, 9.17) is 0 Å². The molecule has 1 N–H and O–H groups in total. The van der Waals surface area contributed by atoms with Crippen molar-refractivity contribution in [2.45, 2.75) is 37.5 Å². The molecule has 90 valence electrons. The molecule has 5 heteroatoms. The van der Waals surface area contributed by atoms with Crippen LogP contribution < -0.4 is 5.32 Å². The van der Waals surface area contributed by atoms with Crippen LogP contribution in [0.25, 0.3) is 0 Å². The molecular weight excluding hydrogens is 224 g/mol. The van der Waals surface area contributed by atoms with Gasteiger partial charge in [0.2, 0.25) is 5.91 Å². The number of carbonyl (C=O) groups is 2. The Morgan fingerprint density at radius 2 is 2.38 bits per heavy atom. The van der Waals surface area contributed by atoms with Crippen LogP contribution in [0.3, 0.4) is 0 Å². The number of hydrogen-bond acceptors (Lipinski definition) is 4. The molecule has 2 aliphatic heterocycles. The molecule has 2 aliphatic rings. The molecular formula is C11H18N2O2S. The van der Waals surface area contributed by atoms with E-state index in [2.05, 4.69) is 5.32 Å². The SMILES string of the molecule is CC(=O)SC1CC(=O)N([C@@H]2CCCNC2)C1. The fraction of sp³-hybridized carbons (Fsp3) is 0.818. The van der Waals surface area contributed by atoms with Crippen LogP contribution in [0.5, 0.6) is 0 Å². The summed E-state index contributed by atoms with van der Waals surface area (Å²) >= 11 is 1.31. The molecule has 2 heterocycles. The molecule has 1 amide bonds. The van der Waals surface area contributed by atoms with Gasteiger partial charge < -0.3 is 10.2 Å². The lowest BCUT2D eigenvalue weighted by molar-refractivity contribution is -0.129. The molecule has 0 bridgehead atoms. The van der Waals surface area contributed by atoms with Crippen LogP contribution in [-0.2, 0) is 9.59 Å². The first-order chi connectivity index (χ1) is 7.66. The summed E-state index contributed by atoms with van der Waals surface area (Å²) in [4.78, 5) is 24.8. The van der Waals surface area contributed by atoms with Crippen molar-refractivity contribution in [3.8, 4) is 0 Å². The Kier molecular flexibility index (Phi) is 3.86. The van der Waals surface area contributed by atoms with Gasteiger partial charge in [-0.1, -0.05) is 11.8 Å². The Hall–Kier alpha value is -0.550. The van der Waals surface area contributed by atoms with Crippen molar-refractivity contribution < 1.29 is 9.59 Å². The van der Waals surface area contributed by atoms with Gasteiger partial charge in [0, 0.05) is 37.7 Å². The molecule has 0 aromatic carbocycles. The molecule has 0 saturated carbocycles. The Morgan fingerprint density at radius 3 is 3.00 bits per heavy atom. The molecule has 2 saturated heterocycles. The Balaban J connectivity index is 1.90. The second-order valence-electron chi connectivity index (χ2n) is 4.48. The maximum Gasteiger partial charge on any atom is 0.224 e. The lowest BCUT2D eigenvalue weighted by atomic mass is 10.1. The van der Waals surface area contributed by atoms with Gasteiger partial charge in [-0.25, -0.2) is 0 Å². The van der Waals surface area contributed by atoms with Crippen molar-refractivity contribution in [2.75, 3.05) is 19.6 Å². The second kappa shape index (κ2) is 5.19. The molecule has 2 fully saturated rings. The number of nitrogens with one attached hydrogen (secondary N) is 1. The third-order valence-corrected chi connectivity index (χ3v) is 4.15. The first-order valence-corrected chi connectivity index (χ1v) is 6.72. The summed E-state index contributed by atoms with van der Waals surface area (Å²) in [6, 6.07) is 0.346. The van der Waals surface area contributed by atoms with Gasteiger partial charge in [-0.2, -0.15) is 0 Å². The number of amides is 1. The van der Waals surface area contributed by atoms with E-state index in [0.717, 1.165) is 32.5 Å². The van der Waals surface area contributed by atoms with Crippen molar-refractivity contribution in [3.05, 3.63) is 0 Å². The monoisotopic (exact) mass is 242 g/mol. The zero-order valence-electron chi connectivity index (χ0n) is 9.57. The number of likely N-dealkylation sites (tertiary alicyclic amines) is 1. The van der Waals surface area contributed by atoms with E-state index >= 15 is 0 Å². The van der Waals surface area contributed by atoms with Gasteiger partial charge >= 0.3 is 0 Å². The quantitative estimate of drug-likeness (QED) is 0.771. The molecule has 16 heavy (non-hydrogen) atoms. The molecule has 0 radical (unpaired) electrons. The van der Waals surface area contributed by atoms with E-state index in [1.54, 1.807) is 6.92 Å². The maximum atomic E-state index is 11.8. The van der Waals surface area contributed by atoms with Crippen LogP contribution in [0.1, 0.15) is 26.2 Å². The normalized spacial score (nSPS) is 30.8. The molecule has 0 spiro atoms. The maximum absolute atomic E-state index is 11.8. The van der Waals surface area contributed by atoms with Crippen molar-refractivity contribution in [1.29, 1.82) is 0 Å². The summed E-state index contributed by atoms with van der Waals surface area (Å²) in [5.41, 5.74) is 0. The zero-order chi connectivity index (χ0) is 11.5. The Bertz CT molecular complexity index is 290. The largest absolute Gasteiger partial charge is 0.337 e. The summed E-state index contributed by atoms with van der Waals surface area (Å²) in [6.07, 6.45) is 2.76. The van der Waals surface area contributed by atoms with Gasteiger partial charge in [-0.05, 0) is 19.4 Å². The van der Waals surface area contributed by atoms with E-state index in [1.165, 1.54) is 11.8 Å². The minimum Gasteiger partial charge on any atom is -0.337 e. The van der Waals surface area contributed by atoms with Crippen molar-refractivity contribution in [1.82, 2.24) is 10.2 Å². The van der Waals surface area contributed by atoms with Gasteiger partial charge in [-0.3, -0.25) is 9.59 Å². The minimum atomic E-state index is 0.112. The van der Waals surface area contributed by atoms with E-state index < -0.39 is 0 Å². The van der Waals surface area contributed by atoms with Crippen LogP contribution >= 0.6 is 11.8 Å². The van der Waals surface area contributed by atoms with Crippen LogP contribution in [0.4, 0.5) is 0 Å². The van der Waals surface area contributed by atoms with E-state index in [9.17, 15) is 9.59 Å². The Labute approximate surface area is 100 Å². The minimum absolute atomic E-state index is 0.112. The highest BCUT2D eigenvalue weighted by molar-refractivity contribution is 8.14. The van der Waals surface area contributed by atoms with Crippen LogP contribution in [0, 0.1) is 0 Å². The summed E-state index contributed by atoms with van der Waals surface area (Å²) < 4.78 is 0. The number of hydrogen-bond donors (Lipinski definition) is 1. The van der Waals surface area contributed by atoms with Crippen molar-refractivity contribution >= 4 is 22.8 Å². The molecule has 0 aromatic rings. The standard InChI is InChI=1S/C11H18N2O2S/c1-8(14)16-10-5-11(15)13(7-10)9-3-2-4-12-6-9/h9-10,12H,2-7H2,1H3/t9-,10?/m1/s1. The van der Waals surface area contributed by atoms with Crippen LogP contribution in [0.15, 0.2) is 0 Å². The third-order valence-electron chi connectivity index (χ3n) is 3.17. The molecule has 1 unspecified atom stereocenters. The molecule has 0 aromatic heterocycles. The predicted octanol–water partition coefficient (Wildman–Crippen LogP) is 0.619. The van der Waals surface area contributed by atoms with Crippen molar-refractivity contribution in [3.63, 3.8) is 0 Å². The number of carbonyl (C=O) groups excluding carboxylic acids is 2. The molecule has 2 atom stereocenters. The summed E-state index contributed by atoms with van der Waals surface area (Å²) in [5, 5.41) is 3.61. The average molecular weight is 242 g/mol. The molecule has 0 aliphatic carbocycles. The average Bonchev–Trinajstić information content (AvgIpc) is 2.60. The fourth-order valence-electron chi connectivity index (χ4n) is 2.46. The van der Waals surface area contributed by atoms with Gasteiger partial charge in [0.05, 0.1) is 0 Å². The highest BCUT2D eigenvalue weighted by Crippen LogP contribution is 2.27. The summed E-state index contributed by atoms with van der Waals surface area (Å²) in [7, 11) is 0. The number of thioether (sulfide) groups is 1. The Morgan fingerprint density at radius 1 is 1.56 bits per heavy atom. The van der Waals surface area contributed by atoms with Gasteiger partial charge in [0.1, 0.15) is 0 Å². The molecule has 2 rings (SSSR count). The predicted molar refractivity (Wildman–Crippen MR) is 64.3 cm³/mol. The second-order valence-corrected chi connectivity index (χ2v) is 5.96. The van der Waals surface area contributed by atoms with Gasteiger partial charge in [0.25, 0.3) is 0 Å². The highest BCUT2D eigenvalue weighted by atomic mass is 32.2. The lowest BCUT2D eigenvalue weighted by Gasteiger charge is -2.31. The first-order valence-electron chi connectivity index (χ1n) is 5.84. The van der Waals surface area contributed by atoms with Gasteiger partial charge in [-0.15, -0.1) is 0 Å². The smallest absolute Gasteiger partial charge is 0.224 e. The van der Waals surface area contributed by atoms with Crippen LogP contribution in [0.2, 0.25) is 0 Å². The zero-order valence-corrected chi connectivity index (χ0v) is 10.4. The summed E-state index contributed by atoms with van der Waals surface area (Å²) in [6.45, 7) is 4.28. The highest BCUT2D eigenvalue weighted by Gasteiger charge is 2.35. The van der Waals surface area contributed by atoms with E-state index in [0.29, 0.717) is 12.5 Å². The lowest BCUT2D eigenvalue weighted by Crippen LogP contribution is -2.46. The topological polar surface area (TPSA) is 49.4 Å². The first kappa shape index (κ1) is 11.9. The van der Waals surface area contributed by atoms with Crippen molar-refractivity contribution in [2.24, 2.45) is 0 Å². The third kappa shape index (κ3) is 2.77. The molecule has 4 nitrogen and oxygen atoms in total. The van der Waals surface area contributed by atoms with E-state index in [1.807, 2.05) is 4.90 Å². The van der Waals surface area contributed by atoms with Crippen LogP contribution in [-0.4, -0.2) is 46.8 Å². The van der Waals surface area contributed by atoms with Gasteiger partial charge in [0.15, 0.2) is 5.12 Å². The summed E-state index contributed by atoms with van der Waals surface area (Å²) in [5.74, 6) is 0.215. The number of nitrogens with zero attached hydrogens (tertiary/aromatic N) is 1. The number of rotatable bonds is 2. The van der Waals surface area contributed by atoms with E-state index in [-0.39, 0.29) is 16.3 Å². The number of piperidine rings is 1.